The van der Waals surface area contributed by atoms with Gasteiger partial charge in [0.1, 0.15) is 0 Å². The summed E-state index contributed by atoms with van der Waals surface area (Å²) in [6.45, 7) is 4.00. The number of rotatable bonds is 2. The summed E-state index contributed by atoms with van der Waals surface area (Å²) in [5.74, 6) is 0.587. The Balaban J connectivity index is 0.000000671. The second-order valence-electron chi connectivity index (χ2n) is 2.09. The first-order chi connectivity index (χ1) is 6.27. The first kappa shape index (κ1) is 13.3. The molecule has 0 aliphatic carbocycles. The number of halogens is 2. The van der Waals surface area contributed by atoms with E-state index in [9.17, 15) is 0 Å². The molecule has 0 radical (unpaired) electrons. The third-order valence-electron chi connectivity index (χ3n) is 1.39. The van der Waals surface area contributed by atoms with Crippen molar-refractivity contribution < 1.29 is 0 Å². The van der Waals surface area contributed by atoms with Crippen LogP contribution >= 0.6 is 39.3 Å². The fourth-order valence-electron chi connectivity index (χ4n) is 0.829. The molecular formula is C10H14BrClS. The van der Waals surface area contributed by atoms with Crippen molar-refractivity contribution in [3.8, 4) is 0 Å². The van der Waals surface area contributed by atoms with E-state index in [-0.39, 0.29) is 0 Å². The van der Waals surface area contributed by atoms with Crippen molar-refractivity contribution in [1.82, 2.24) is 0 Å². The maximum Gasteiger partial charge on any atom is 0.0485 e. The molecule has 0 heterocycles. The average molecular weight is 282 g/mol. The van der Waals surface area contributed by atoms with Gasteiger partial charge in [0.25, 0.3) is 0 Å². The van der Waals surface area contributed by atoms with Crippen LogP contribution < -0.4 is 0 Å². The Morgan fingerprint density at radius 2 is 2.00 bits per heavy atom. The molecule has 1 aromatic rings. The highest BCUT2D eigenvalue weighted by molar-refractivity contribution is 9.10. The van der Waals surface area contributed by atoms with E-state index >= 15 is 0 Å². The quantitative estimate of drug-likeness (QED) is 0.547. The van der Waals surface area contributed by atoms with Crippen LogP contribution in [0.1, 0.15) is 19.4 Å². The van der Waals surface area contributed by atoms with Crippen molar-refractivity contribution in [2.45, 2.75) is 24.6 Å². The number of hydrogen-bond acceptors (Lipinski definition) is 1. The summed E-state index contributed by atoms with van der Waals surface area (Å²) < 4.78 is 1.11. The number of hydrogen-bond donors (Lipinski definition) is 0. The standard InChI is InChI=1S/C8H8BrClS.C2H6/c1-11-8-4-7(9)3-2-6(8)5-10;1-2/h2-4H,5H2,1H3;1-2H3. The van der Waals surface area contributed by atoms with E-state index in [1.807, 2.05) is 26.0 Å². The van der Waals surface area contributed by atoms with Crippen LogP contribution in [0.4, 0.5) is 0 Å². The van der Waals surface area contributed by atoms with Gasteiger partial charge < -0.3 is 0 Å². The van der Waals surface area contributed by atoms with Gasteiger partial charge in [-0.05, 0) is 24.0 Å². The summed E-state index contributed by atoms with van der Waals surface area (Å²) in [5, 5.41) is 0. The summed E-state index contributed by atoms with van der Waals surface area (Å²) in [6, 6.07) is 6.14. The van der Waals surface area contributed by atoms with Gasteiger partial charge in [-0.1, -0.05) is 35.8 Å². The zero-order chi connectivity index (χ0) is 10.3. The van der Waals surface area contributed by atoms with Gasteiger partial charge >= 0.3 is 0 Å². The van der Waals surface area contributed by atoms with Crippen molar-refractivity contribution in [2.24, 2.45) is 0 Å². The van der Waals surface area contributed by atoms with Crippen molar-refractivity contribution in [3.05, 3.63) is 28.2 Å². The van der Waals surface area contributed by atoms with Gasteiger partial charge in [0, 0.05) is 15.2 Å². The zero-order valence-electron chi connectivity index (χ0n) is 8.10. The number of thioether (sulfide) groups is 1. The van der Waals surface area contributed by atoms with Crippen LogP contribution in [0, 0.1) is 0 Å². The molecule has 0 bridgehead atoms. The normalized spacial score (nSPS) is 9.00. The van der Waals surface area contributed by atoms with Crippen LogP contribution in [0.2, 0.25) is 0 Å². The van der Waals surface area contributed by atoms with Crippen molar-refractivity contribution in [1.29, 1.82) is 0 Å². The Hall–Kier alpha value is 0.340. The molecule has 0 aliphatic heterocycles. The van der Waals surface area contributed by atoms with Gasteiger partial charge in [-0.2, -0.15) is 0 Å². The van der Waals surface area contributed by atoms with Gasteiger partial charge in [0.15, 0.2) is 0 Å². The lowest BCUT2D eigenvalue weighted by molar-refractivity contribution is 1.25. The predicted octanol–water partition coefficient (Wildman–Crippen LogP) is 4.94. The SMILES string of the molecule is CC.CSc1cc(Br)ccc1CCl. The maximum absolute atomic E-state index is 5.73. The van der Waals surface area contributed by atoms with Crippen LogP contribution in [0.3, 0.4) is 0 Å². The van der Waals surface area contributed by atoms with E-state index in [1.54, 1.807) is 11.8 Å². The molecule has 0 saturated carbocycles. The third kappa shape index (κ3) is 4.39. The fourth-order valence-corrected chi connectivity index (χ4v) is 2.30. The topological polar surface area (TPSA) is 0 Å². The highest BCUT2D eigenvalue weighted by atomic mass is 79.9. The minimum Gasteiger partial charge on any atom is -0.129 e. The predicted molar refractivity (Wildman–Crippen MR) is 66.8 cm³/mol. The first-order valence-electron chi connectivity index (χ1n) is 4.16. The molecule has 1 aromatic carbocycles. The van der Waals surface area contributed by atoms with Gasteiger partial charge in [-0.15, -0.1) is 23.4 Å². The Kier molecular flexibility index (Phi) is 7.92. The lowest BCUT2D eigenvalue weighted by Gasteiger charge is -2.03. The number of alkyl halides is 1. The van der Waals surface area contributed by atoms with Crippen molar-refractivity contribution in [2.75, 3.05) is 6.26 Å². The largest absolute Gasteiger partial charge is 0.129 e. The molecule has 13 heavy (non-hydrogen) atoms. The first-order valence-corrected chi connectivity index (χ1v) is 6.71. The molecule has 0 atom stereocenters. The van der Waals surface area contributed by atoms with Gasteiger partial charge in [0.05, 0.1) is 0 Å². The second-order valence-corrected chi connectivity index (χ2v) is 4.12. The lowest BCUT2D eigenvalue weighted by Crippen LogP contribution is -1.81. The molecule has 3 heteroatoms. The third-order valence-corrected chi connectivity index (χ3v) is 2.99. The van der Waals surface area contributed by atoms with E-state index in [0.29, 0.717) is 5.88 Å². The Labute approximate surface area is 98.2 Å². The molecule has 0 aliphatic rings. The van der Waals surface area contributed by atoms with E-state index < -0.39 is 0 Å². The van der Waals surface area contributed by atoms with Crippen LogP contribution in [0.5, 0.6) is 0 Å². The molecule has 0 aromatic heterocycles. The lowest BCUT2D eigenvalue weighted by atomic mass is 10.2. The van der Waals surface area contributed by atoms with Crippen LogP contribution in [0.15, 0.2) is 27.6 Å². The molecular weight excluding hydrogens is 268 g/mol. The Morgan fingerprint density at radius 1 is 1.38 bits per heavy atom. The Bertz CT molecular complexity index is 251. The average Bonchev–Trinajstić information content (AvgIpc) is 2.20. The molecule has 0 amide bonds. The van der Waals surface area contributed by atoms with Crippen molar-refractivity contribution >= 4 is 39.3 Å². The molecule has 0 fully saturated rings. The summed E-state index contributed by atoms with van der Waals surface area (Å²) in [7, 11) is 0. The zero-order valence-corrected chi connectivity index (χ0v) is 11.3. The molecule has 1 rings (SSSR count). The van der Waals surface area contributed by atoms with Gasteiger partial charge in [0.2, 0.25) is 0 Å². The van der Waals surface area contributed by atoms with Crippen molar-refractivity contribution in [3.63, 3.8) is 0 Å². The fraction of sp³-hybridized carbons (Fsp3) is 0.400. The molecule has 0 saturated heterocycles. The summed E-state index contributed by atoms with van der Waals surface area (Å²) >= 11 is 10.9. The smallest absolute Gasteiger partial charge is 0.0485 e. The number of benzene rings is 1. The maximum atomic E-state index is 5.73. The molecule has 74 valence electrons. The molecule has 0 nitrogen and oxygen atoms in total. The van der Waals surface area contributed by atoms with Crippen LogP contribution in [0.25, 0.3) is 0 Å². The summed E-state index contributed by atoms with van der Waals surface area (Å²) in [5.41, 5.74) is 1.20. The molecule has 0 spiro atoms. The Morgan fingerprint density at radius 3 is 2.46 bits per heavy atom. The highest BCUT2D eigenvalue weighted by Gasteiger charge is 1.99. The monoisotopic (exact) mass is 280 g/mol. The van der Waals surface area contributed by atoms with E-state index in [0.717, 1.165) is 4.47 Å². The minimum absolute atomic E-state index is 0.587. The summed E-state index contributed by atoms with van der Waals surface area (Å²) in [4.78, 5) is 1.24. The van der Waals surface area contributed by atoms with E-state index in [2.05, 4.69) is 28.3 Å². The highest BCUT2D eigenvalue weighted by Crippen LogP contribution is 2.25. The minimum atomic E-state index is 0.587. The van der Waals surface area contributed by atoms with E-state index in [1.165, 1.54) is 10.5 Å². The van der Waals surface area contributed by atoms with Crippen LogP contribution in [-0.4, -0.2) is 6.26 Å². The van der Waals surface area contributed by atoms with Gasteiger partial charge in [-0.25, -0.2) is 0 Å². The molecule has 0 unspecified atom stereocenters. The van der Waals surface area contributed by atoms with Crippen LogP contribution in [-0.2, 0) is 5.88 Å². The second kappa shape index (κ2) is 7.72. The molecule has 0 N–H and O–H groups in total. The van der Waals surface area contributed by atoms with E-state index in [4.69, 9.17) is 11.6 Å². The summed E-state index contributed by atoms with van der Waals surface area (Å²) in [6.07, 6.45) is 2.05. The van der Waals surface area contributed by atoms with Gasteiger partial charge in [-0.3, -0.25) is 0 Å².